The Morgan fingerprint density at radius 3 is 2.59 bits per heavy atom. The smallest absolute Gasteiger partial charge is 0.0716 e. The average molecular weight is 255 g/mol. The van der Waals surface area contributed by atoms with Crippen molar-refractivity contribution in [1.29, 1.82) is 0 Å². The van der Waals surface area contributed by atoms with E-state index in [9.17, 15) is 4.21 Å². The summed E-state index contributed by atoms with van der Waals surface area (Å²) in [5.41, 5.74) is 2.44. The maximum Gasteiger partial charge on any atom is 0.0716 e. The zero-order valence-electron chi connectivity index (χ0n) is 10.7. The number of methoxy groups -OCH3 is 1. The van der Waals surface area contributed by atoms with E-state index in [-0.39, 0.29) is 5.25 Å². The van der Waals surface area contributed by atoms with E-state index in [4.69, 9.17) is 4.74 Å². The summed E-state index contributed by atoms with van der Waals surface area (Å²) in [6.45, 7) is 4.18. The van der Waals surface area contributed by atoms with Crippen molar-refractivity contribution in [3.8, 4) is 0 Å². The highest BCUT2D eigenvalue weighted by Crippen LogP contribution is 2.09. The van der Waals surface area contributed by atoms with Gasteiger partial charge in [-0.05, 0) is 18.1 Å². The summed E-state index contributed by atoms with van der Waals surface area (Å²) in [5.74, 6) is 0. The van der Waals surface area contributed by atoms with E-state index < -0.39 is 10.8 Å². The minimum atomic E-state index is -0.764. The van der Waals surface area contributed by atoms with Crippen molar-refractivity contribution in [3.05, 3.63) is 35.4 Å². The van der Waals surface area contributed by atoms with Gasteiger partial charge in [0, 0.05) is 42.5 Å². The third-order valence-electron chi connectivity index (χ3n) is 2.73. The molecule has 1 aromatic rings. The Bertz CT molecular complexity index is 368. The molecule has 1 N–H and O–H groups in total. The molecule has 0 heterocycles. The van der Waals surface area contributed by atoms with Gasteiger partial charge in [0.25, 0.3) is 0 Å². The summed E-state index contributed by atoms with van der Waals surface area (Å²) in [6, 6.07) is 8.20. The highest BCUT2D eigenvalue weighted by Gasteiger charge is 2.06. The Balaban J connectivity index is 2.48. The predicted octanol–water partition coefficient (Wildman–Crippen LogP) is 1.69. The minimum absolute atomic E-state index is 0.185. The monoisotopic (exact) mass is 255 g/mol. The van der Waals surface area contributed by atoms with Crippen molar-refractivity contribution >= 4 is 10.8 Å². The first-order valence-electron chi connectivity index (χ1n) is 5.73. The van der Waals surface area contributed by atoms with E-state index in [1.807, 2.05) is 19.1 Å². The van der Waals surface area contributed by atoms with Crippen LogP contribution >= 0.6 is 0 Å². The second-order valence-corrected chi connectivity index (χ2v) is 5.94. The Morgan fingerprint density at radius 1 is 1.35 bits per heavy atom. The summed E-state index contributed by atoms with van der Waals surface area (Å²) in [6.07, 6.45) is 1.74. The van der Waals surface area contributed by atoms with Gasteiger partial charge < -0.3 is 10.1 Å². The molecule has 0 aliphatic carbocycles. The van der Waals surface area contributed by atoms with Crippen molar-refractivity contribution in [1.82, 2.24) is 5.32 Å². The number of hydrogen-bond donors (Lipinski definition) is 1. The Kier molecular flexibility index (Phi) is 6.40. The van der Waals surface area contributed by atoms with Crippen LogP contribution in [0.1, 0.15) is 18.1 Å². The van der Waals surface area contributed by atoms with Gasteiger partial charge in [0.15, 0.2) is 0 Å². The van der Waals surface area contributed by atoms with Crippen molar-refractivity contribution in [2.45, 2.75) is 25.3 Å². The van der Waals surface area contributed by atoms with E-state index in [0.717, 1.165) is 13.1 Å². The molecule has 3 nitrogen and oxygen atoms in total. The van der Waals surface area contributed by atoms with Crippen molar-refractivity contribution in [2.75, 3.05) is 19.9 Å². The molecule has 0 fully saturated rings. The van der Waals surface area contributed by atoms with Gasteiger partial charge in [0.05, 0.1) is 6.61 Å². The average Bonchev–Trinajstić information content (AvgIpc) is 2.31. The van der Waals surface area contributed by atoms with E-state index in [2.05, 4.69) is 17.4 Å². The molecule has 0 radical (unpaired) electrons. The molecule has 4 heteroatoms. The van der Waals surface area contributed by atoms with Crippen LogP contribution in [0, 0.1) is 0 Å². The molecule has 0 spiro atoms. The quantitative estimate of drug-likeness (QED) is 0.806. The highest BCUT2D eigenvalue weighted by molar-refractivity contribution is 7.84. The number of benzene rings is 1. The lowest BCUT2D eigenvalue weighted by atomic mass is 10.1. The predicted molar refractivity (Wildman–Crippen MR) is 72.4 cm³/mol. The molecule has 2 unspecified atom stereocenters. The van der Waals surface area contributed by atoms with Crippen LogP contribution in [0.4, 0.5) is 0 Å². The van der Waals surface area contributed by atoms with Gasteiger partial charge in [0.2, 0.25) is 0 Å². The molecule has 96 valence electrons. The van der Waals surface area contributed by atoms with Crippen LogP contribution in [0.25, 0.3) is 0 Å². The van der Waals surface area contributed by atoms with E-state index in [0.29, 0.717) is 6.61 Å². The Morgan fingerprint density at radius 2 is 2.00 bits per heavy atom. The second kappa shape index (κ2) is 7.58. The normalized spacial score (nSPS) is 14.5. The van der Waals surface area contributed by atoms with Crippen molar-refractivity contribution in [2.24, 2.45) is 0 Å². The fraction of sp³-hybridized carbons (Fsp3) is 0.538. The first kappa shape index (κ1) is 14.4. The largest absolute Gasteiger partial charge is 0.380 e. The molecule has 0 saturated heterocycles. The summed E-state index contributed by atoms with van der Waals surface area (Å²) < 4.78 is 16.4. The molecule has 0 amide bonds. The van der Waals surface area contributed by atoms with Gasteiger partial charge in [-0.2, -0.15) is 0 Å². The summed E-state index contributed by atoms with van der Waals surface area (Å²) in [7, 11) is 0.937. The van der Waals surface area contributed by atoms with Gasteiger partial charge in [-0.1, -0.05) is 24.3 Å². The molecule has 17 heavy (non-hydrogen) atoms. The zero-order chi connectivity index (χ0) is 12.7. The second-order valence-electron chi connectivity index (χ2n) is 4.14. The lowest BCUT2D eigenvalue weighted by Gasteiger charge is -2.12. The maximum absolute atomic E-state index is 11.2. The standard InChI is InChI=1S/C13H21NO2S/c1-11(17(3)15)8-14-9-12-6-4-5-7-13(12)10-16-2/h4-7,11,14H,8-10H2,1-3H3. The number of rotatable bonds is 7. The van der Waals surface area contributed by atoms with Gasteiger partial charge in [-0.15, -0.1) is 0 Å². The molecule has 0 saturated carbocycles. The maximum atomic E-state index is 11.2. The molecular formula is C13H21NO2S. The van der Waals surface area contributed by atoms with E-state index in [1.54, 1.807) is 13.4 Å². The third kappa shape index (κ3) is 4.98. The first-order valence-corrected chi connectivity index (χ1v) is 7.36. The van der Waals surface area contributed by atoms with Crippen LogP contribution in [-0.2, 0) is 28.7 Å². The van der Waals surface area contributed by atoms with Gasteiger partial charge in [-0.3, -0.25) is 4.21 Å². The SMILES string of the molecule is COCc1ccccc1CNCC(C)S(C)=O. The molecule has 0 aromatic heterocycles. The molecule has 0 aliphatic rings. The molecule has 1 rings (SSSR count). The van der Waals surface area contributed by atoms with Crippen LogP contribution in [0.15, 0.2) is 24.3 Å². The molecule has 2 atom stereocenters. The fourth-order valence-corrected chi connectivity index (χ4v) is 1.91. The number of hydrogen-bond acceptors (Lipinski definition) is 3. The lowest BCUT2D eigenvalue weighted by Crippen LogP contribution is -2.27. The van der Waals surface area contributed by atoms with Gasteiger partial charge >= 0.3 is 0 Å². The lowest BCUT2D eigenvalue weighted by molar-refractivity contribution is 0.184. The van der Waals surface area contributed by atoms with Crippen LogP contribution in [-0.4, -0.2) is 29.4 Å². The fourth-order valence-electron chi connectivity index (χ4n) is 1.55. The Labute approximate surface area is 106 Å². The summed E-state index contributed by atoms with van der Waals surface area (Å²) in [5, 5.41) is 3.52. The Hall–Kier alpha value is -0.710. The first-order chi connectivity index (χ1) is 8.15. The molecular weight excluding hydrogens is 234 g/mol. The number of nitrogens with one attached hydrogen (secondary N) is 1. The summed E-state index contributed by atoms with van der Waals surface area (Å²) >= 11 is 0. The van der Waals surface area contributed by atoms with Crippen LogP contribution in [0.3, 0.4) is 0 Å². The van der Waals surface area contributed by atoms with Crippen LogP contribution in [0.2, 0.25) is 0 Å². The van der Waals surface area contributed by atoms with Crippen molar-refractivity contribution < 1.29 is 8.95 Å². The van der Waals surface area contributed by atoms with E-state index in [1.165, 1.54) is 11.1 Å². The topological polar surface area (TPSA) is 38.3 Å². The molecule has 0 aliphatic heterocycles. The van der Waals surface area contributed by atoms with Crippen LogP contribution in [0.5, 0.6) is 0 Å². The van der Waals surface area contributed by atoms with E-state index >= 15 is 0 Å². The van der Waals surface area contributed by atoms with Gasteiger partial charge in [0.1, 0.15) is 0 Å². The molecule has 1 aromatic carbocycles. The third-order valence-corrected chi connectivity index (χ3v) is 4.03. The van der Waals surface area contributed by atoms with Crippen molar-refractivity contribution in [3.63, 3.8) is 0 Å². The van der Waals surface area contributed by atoms with Crippen LogP contribution < -0.4 is 5.32 Å². The van der Waals surface area contributed by atoms with Gasteiger partial charge in [-0.25, -0.2) is 0 Å². The highest BCUT2D eigenvalue weighted by atomic mass is 32.2. The minimum Gasteiger partial charge on any atom is -0.380 e. The zero-order valence-corrected chi connectivity index (χ0v) is 11.5. The number of ether oxygens (including phenoxy) is 1. The molecule has 0 bridgehead atoms. The summed E-state index contributed by atoms with van der Waals surface area (Å²) in [4.78, 5) is 0.